The van der Waals surface area contributed by atoms with E-state index in [1.807, 2.05) is 18.2 Å². The highest BCUT2D eigenvalue weighted by molar-refractivity contribution is 5.85. The van der Waals surface area contributed by atoms with E-state index >= 15 is 0 Å². The lowest BCUT2D eigenvalue weighted by Crippen LogP contribution is -2.45. The van der Waals surface area contributed by atoms with Gasteiger partial charge >= 0.3 is 0 Å². The lowest BCUT2D eigenvalue weighted by molar-refractivity contribution is -0.128. The summed E-state index contributed by atoms with van der Waals surface area (Å²) >= 11 is 0. The highest BCUT2D eigenvalue weighted by Crippen LogP contribution is 2.27. The fraction of sp³-hybridized carbons (Fsp3) is 0.619. The third-order valence-electron chi connectivity index (χ3n) is 5.68. The molecule has 0 unspecified atom stereocenters. The van der Waals surface area contributed by atoms with E-state index in [0.29, 0.717) is 30.6 Å². The van der Waals surface area contributed by atoms with E-state index in [1.165, 1.54) is 0 Å². The Morgan fingerprint density at radius 1 is 1.33 bits per heavy atom. The molecule has 2 heterocycles. The second kappa shape index (κ2) is 10.1. The average Bonchev–Trinajstić information content (AvgIpc) is 3.05. The van der Waals surface area contributed by atoms with Gasteiger partial charge in [-0.25, -0.2) is 0 Å². The summed E-state index contributed by atoms with van der Waals surface area (Å²) in [7, 11) is 0. The number of likely N-dealkylation sites (tertiary alicyclic amines) is 1. The SMILES string of the molecule is CC(C)[C@H]1CN(Cc2cccc(C#N)c2)C[C@@H]1NC(=O)C1CCOCC1.Cl. The molecule has 1 aromatic carbocycles. The normalized spacial score (nSPS) is 23.6. The molecule has 6 heteroatoms. The summed E-state index contributed by atoms with van der Waals surface area (Å²) in [5.41, 5.74) is 1.86. The van der Waals surface area contributed by atoms with Gasteiger partial charge in [0.25, 0.3) is 0 Å². The molecule has 0 aromatic heterocycles. The van der Waals surface area contributed by atoms with Crippen LogP contribution in [0, 0.1) is 29.1 Å². The van der Waals surface area contributed by atoms with Crippen molar-refractivity contribution in [2.75, 3.05) is 26.3 Å². The van der Waals surface area contributed by atoms with Gasteiger partial charge in [-0.3, -0.25) is 9.69 Å². The quantitative estimate of drug-likeness (QED) is 0.837. The number of amides is 1. The third kappa shape index (κ3) is 5.68. The second-order valence-corrected chi connectivity index (χ2v) is 7.92. The number of nitriles is 1. The Kier molecular flexibility index (Phi) is 8.09. The van der Waals surface area contributed by atoms with Gasteiger partial charge in [0, 0.05) is 44.8 Å². The molecule has 0 radical (unpaired) electrons. The van der Waals surface area contributed by atoms with Crippen molar-refractivity contribution in [2.24, 2.45) is 17.8 Å². The first kappa shape index (κ1) is 21.7. The lowest BCUT2D eigenvalue weighted by Gasteiger charge is -2.27. The number of hydrogen-bond donors (Lipinski definition) is 1. The Morgan fingerprint density at radius 2 is 2.07 bits per heavy atom. The van der Waals surface area contributed by atoms with E-state index in [9.17, 15) is 4.79 Å². The van der Waals surface area contributed by atoms with Crippen LogP contribution in [0.4, 0.5) is 0 Å². The second-order valence-electron chi connectivity index (χ2n) is 7.92. The molecule has 0 bridgehead atoms. The van der Waals surface area contributed by atoms with Crippen molar-refractivity contribution in [3.05, 3.63) is 35.4 Å². The molecule has 0 aliphatic carbocycles. The maximum absolute atomic E-state index is 12.6. The summed E-state index contributed by atoms with van der Waals surface area (Å²) in [6.07, 6.45) is 1.66. The molecule has 0 saturated carbocycles. The zero-order valence-electron chi connectivity index (χ0n) is 16.2. The van der Waals surface area contributed by atoms with Gasteiger partial charge in [0.2, 0.25) is 5.91 Å². The first-order valence-corrected chi connectivity index (χ1v) is 9.66. The fourth-order valence-electron chi connectivity index (χ4n) is 4.13. The summed E-state index contributed by atoms with van der Waals surface area (Å²) < 4.78 is 5.37. The number of rotatable bonds is 5. The minimum atomic E-state index is 0. The Labute approximate surface area is 168 Å². The van der Waals surface area contributed by atoms with Crippen LogP contribution in [0.3, 0.4) is 0 Å². The lowest BCUT2D eigenvalue weighted by atomic mass is 9.90. The molecule has 2 saturated heterocycles. The number of hydrogen-bond acceptors (Lipinski definition) is 4. The first-order chi connectivity index (χ1) is 12.6. The maximum atomic E-state index is 12.6. The monoisotopic (exact) mass is 391 g/mol. The fourth-order valence-corrected chi connectivity index (χ4v) is 4.13. The summed E-state index contributed by atoms with van der Waals surface area (Å²) in [5, 5.41) is 12.4. The largest absolute Gasteiger partial charge is 0.381 e. The number of carbonyl (C=O) groups is 1. The molecule has 5 nitrogen and oxygen atoms in total. The van der Waals surface area contributed by atoms with Crippen molar-refractivity contribution in [1.29, 1.82) is 5.26 Å². The van der Waals surface area contributed by atoms with Crippen LogP contribution in [0.1, 0.15) is 37.8 Å². The van der Waals surface area contributed by atoms with E-state index in [-0.39, 0.29) is 30.3 Å². The van der Waals surface area contributed by atoms with Gasteiger partial charge in [0.05, 0.1) is 11.6 Å². The van der Waals surface area contributed by atoms with Gasteiger partial charge in [-0.05, 0) is 42.4 Å². The van der Waals surface area contributed by atoms with E-state index in [4.69, 9.17) is 10.00 Å². The molecule has 0 spiro atoms. The zero-order chi connectivity index (χ0) is 18.5. The highest BCUT2D eigenvalue weighted by Gasteiger charge is 2.36. The Bertz CT molecular complexity index is 668. The molecule has 1 aromatic rings. The molecule has 3 rings (SSSR count). The van der Waals surface area contributed by atoms with Gasteiger partial charge in [-0.1, -0.05) is 26.0 Å². The van der Waals surface area contributed by atoms with E-state index in [0.717, 1.165) is 38.0 Å². The minimum absolute atomic E-state index is 0. The predicted octanol–water partition coefficient (Wildman–Crippen LogP) is 2.98. The Hall–Kier alpha value is -1.61. The highest BCUT2D eigenvalue weighted by atomic mass is 35.5. The van der Waals surface area contributed by atoms with Gasteiger partial charge in [0.1, 0.15) is 0 Å². The van der Waals surface area contributed by atoms with Gasteiger partial charge in [-0.15, -0.1) is 12.4 Å². The smallest absolute Gasteiger partial charge is 0.223 e. The van der Waals surface area contributed by atoms with Crippen molar-refractivity contribution in [3.63, 3.8) is 0 Å². The molecule has 1 amide bonds. The minimum Gasteiger partial charge on any atom is -0.381 e. The Balaban J connectivity index is 0.00000261. The molecular formula is C21H30ClN3O2. The van der Waals surface area contributed by atoms with E-state index in [2.05, 4.69) is 36.2 Å². The van der Waals surface area contributed by atoms with Crippen LogP contribution in [0.15, 0.2) is 24.3 Å². The molecule has 27 heavy (non-hydrogen) atoms. The van der Waals surface area contributed by atoms with Crippen molar-refractivity contribution >= 4 is 18.3 Å². The number of benzene rings is 1. The van der Waals surface area contributed by atoms with Crippen molar-refractivity contribution in [2.45, 2.75) is 39.3 Å². The van der Waals surface area contributed by atoms with Gasteiger partial charge in [0.15, 0.2) is 0 Å². The topological polar surface area (TPSA) is 65.4 Å². The van der Waals surface area contributed by atoms with Crippen LogP contribution in [-0.4, -0.2) is 43.2 Å². The Morgan fingerprint density at radius 3 is 2.74 bits per heavy atom. The maximum Gasteiger partial charge on any atom is 0.223 e. The van der Waals surface area contributed by atoms with Crippen molar-refractivity contribution in [3.8, 4) is 6.07 Å². The molecular weight excluding hydrogens is 362 g/mol. The third-order valence-corrected chi connectivity index (χ3v) is 5.68. The average molecular weight is 392 g/mol. The summed E-state index contributed by atoms with van der Waals surface area (Å²) in [6.45, 7) is 8.52. The van der Waals surface area contributed by atoms with E-state index in [1.54, 1.807) is 0 Å². The van der Waals surface area contributed by atoms with Gasteiger partial charge in [-0.2, -0.15) is 5.26 Å². The molecule has 148 valence electrons. The first-order valence-electron chi connectivity index (χ1n) is 9.66. The standard InChI is InChI=1S/C21H29N3O2.ClH/c1-15(2)19-13-24(12-17-5-3-4-16(10-17)11-22)14-20(19)23-21(25)18-6-8-26-9-7-18;/h3-5,10,15,18-20H,6-9,12-14H2,1-2H3,(H,23,25);1H/t19-,20+;/m1./s1. The number of ether oxygens (including phenoxy) is 1. The van der Waals surface area contributed by atoms with Crippen LogP contribution in [0.2, 0.25) is 0 Å². The predicted molar refractivity (Wildman–Crippen MR) is 107 cm³/mol. The zero-order valence-corrected chi connectivity index (χ0v) is 17.0. The van der Waals surface area contributed by atoms with Crippen LogP contribution in [0.5, 0.6) is 0 Å². The molecule has 2 atom stereocenters. The number of nitrogens with zero attached hydrogens (tertiary/aromatic N) is 2. The molecule has 1 N–H and O–H groups in total. The summed E-state index contributed by atoms with van der Waals surface area (Å²) in [6, 6.07) is 10.2. The van der Waals surface area contributed by atoms with Crippen LogP contribution in [0.25, 0.3) is 0 Å². The molecule has 2 aliphatic rings. The van der Waals surface area contributed by atoms with Gasteiger partial charge < -0.3 is 10.1 Å². The summed E-state index contributed by atoms with van der Waals surface area (Å²) in [4.78, 5) is 15.0. The van der Waals surface area contributed by atoms with Crippen LogP contribution in [-0.2, 0) is 16.1 Å². The number of nitrogens with one attached hydrogen (secondary N) is 1. The number of carbonyl (C=O) groups excluding carboxylic acids is 1. The van der Waals surface area contributed by atoms with Crippen molar-refractivity contribution < 1.29 is 9.53 Å². The van der Waals surface area contributed by atoms with Crippen molar-refractivity contribution in [1.82, 2.24) is 10.2 Å². The molecule has 2 aliphatic heterocycles. The molecule has 2 fully saturated rings. The summed E-state index contributed by atoms with van der Waals surface area (Å²) in [5.74, 6) is 1.26. The van der Waals surface area contributed by atoms with Crippen LogP contribution >= 0.6 is 12.4 Å². The van der Waals surface area contributed by atoms with E-state index < -0.39 is 0 Å². The van der Waals surface area contributed by atoms with Crippen LogP contribution < -0.4 is 5.32 Å². The number of halogens is 1.